The van der Waals surface area contributed by atoms with Crippen molar-refractivity contribution in [3.63, 3.8) is 0 Å². The number of carbonyl (C=O) groups is 1. The molecule has 1 N–H and O–H groups in total. The molecule has 1 amide bonds. The van der Waals surface area contributed by atoms with E-state index in [2.05, 4.69) is 15.3 Å². The molecule has 0 saturated heterocycles. The third-order valence-electron chi connectivity index (χ3n) is 3.80. The zero-order valence-electron chi connectivity index (χ0n) is 13.0. The Balaban J connectivity index is 1.81. The number of anilines is 1. The number of halogens is 2. The van der Waals surface area contributed by atoms with Gasteiger partial charge in [0.25, 0.3) is 0 Å². The van der Waals surface area contributed by atoms with E-state index in [9.17, 15) is 4.79 Å². The van der Waals surface area contributed by atoms with Gasteiger partial charge < -0.3 is 5.32 Å². The van der Waals surface area contributed by atoms with E-state index in [1.807, 2.05) is 24.3 Å². The number of benzene rings is 1. The molecule has 1 aromatic heterocycles. The maximum Gasteiger partial charge on any atom is 0.233 e. The lowest BCUT2D eigenvalue weighted by Crippen LogP contribution is -2.29. The number of amides is 1. The fourth-order valence-electron chi connectivity index (χ4n) is 2.53. The first-order chi connectivity index (χ1) is 11.5. The van der Waals surface area contributed by atoms with Crippen LogP contribution in [0.3, 0.4) is 0 Å². The molecular weight excluding hydrogens is 345 g/mol. The van der Waals surface area contributed by atoms with Crippen molar-refractivity contribution in [3.8, 4) is 11.3 Å². The van der Waals surface area contributed by atoms with Crippen LogP contribution in [0.2, 0.25) is 5.02 Å². The number of pyridine rings is 1. The molecule has 0 fully saturated rings. The van der Waals surface area contributed by atoms with E-state index < -0.39 is 0 Å². The van der Waals surface area contributed by atoms with Crippen molar-refractivity contribution in [1.29, 1.82) is 0 Å². The van der Waals surface area contributed by atoms with Crippen molar-refractivity contribution < 1.29 is 4.79 Å². The third kappa shape index (κ3) is 3.66. The maximum absolute atomic E-state index is 12.5. The number of nitrogens with one attached hydrogen (secondary N) is 1. The smallest absolute Gasteiger partial charge is 0.233 e. The molecule has 0 bridgehead atoms. The van der Waals surface area contributed by atoms with Crippen LogP contribution in [0.5, 0.6) is 0 Å². The van der Waals surface area contributed by atoms with Gasteiger partial charge in [-0.25, -0.2) is 4.99 Å². The standard InChI is InChI=1S/C18H15Cl2N3O/c1-11-13(6-8-17(20)22-11)18(24)23-12-5-7-15(19)14(10-12)16-4-2-3-9-21-16/h2-5,7-10,13H,6H2,1H3,(H,23,24). The number of aliphatic imine (C=N–C) groups is 1. The molecule has 2 heterocycles. The fraction of sp³-hybridized carbons (Fsp3) is 0.167. The minimum atomic E-state index is -0.318. The number of hydrogen-bond donors (Lipinski definition) is 1. The maximum atomic E-state index is 12.5. The average Bonchev–Trinajstić information content (AvgIpc) is 2.57. The quantitative estimate of drug-likeness (QED) is 0.792. The van der Waals surface area contributed by atoms with E-state index in [1.54, 1.807) is 31.3 Å². The molecule has 1 unspecified atom stereocenters. The second kappa shape index (κ2) is 7.16. The van der Waals surface area contributed by atoms with Crippen molar-refractivity contribution in [3.05, 3.63) is 58.8 Å². The zero-order chi connectivity index (χ0) is 17.1. The van der Waals surface area contributed by atoms with Gasteiger partial charge in [-0.3, -0.25) is 9.78 Å². The monoisotopic (exact) mass is 359 g/mol. The zero-order valence-corrected chi connectivity index (χ0v) is 14.5. The highest BCUT2D eigenvalue weighted by Crippen LogP contribution is 2.30. The van der Waals surface area contributed by atoms with E-state index in [1.165, 1.54) is 0 Å². The summed E-state index contributed by atoms with van der Waals surface area (Å²) in [5.74, 6) is -0.438. The molecule has 0 spiro atoms. The summed E-state index contributed by atoms with van der Waals surface area (Å²) in [5, 5.41) is 3.93. The van der Waals surface area contributed by atoms with Crippen LogP contribution in [0.25, 0.3) is 11.3 Å². The lowest BCUT2D eigenvalue weighted by atomic mass is 9.97. The molecule has 6 heteroatoms. The summed E-state index contributed by atoms with van der Waals surface area (Å²) < 4.78 is 0. The van der Waals surface area contributed by atoms with E-state index in [0.29, 0.717) is 28.0 Å². The van der Waals surface area contributed by atoms with Gasteiger partial charge in [0.15, 0.2) is 0 Å². The molecule has 1 aromatic carbocycles. The number of allylic oxidation sites excluding steroid dienone is 1. The minimum absolute atomic E-state index is 0.119. The van der Waals surface area contributed by atoms with Gasteiger partial charge in [0.2, 0.25) is 5.91 Å². The number of nitrogens with zero attached hydrogens (tertiary/aromatic N) is 2. The van der Waals surface area contributed by atoms with Crippen LogP contribution in [0.4, 0.5) is 5.69 Å². The Bertz CT molecular complexity index is 831. The highest BCUT2D eigenvalue weighted by atomic mass is 35.5. The first-order valence-electron chi connectivity index (χ1n) is 7.47. The molecule has 1 aliphatic rings. The minimum Gasteiger partial charge on any atom is -0.325 e. The summed E-state index contributed by atoms with van der Waals surface area (Å²) in [6.07, 6.45) is 4.00. The molecule has 0 saturated carbocycles. The van der Waals surface area contributed by atoms with Crippen molar-refractivity contribution in [1.82, 2.24) is 4.98 Å². The van der Waals surface area contributed by atoms with Crippen LogP contribution in [-0.2, 0) is 4.79 Å². The summed E-state index contributed by atoms with van der Waals surface area (Å²) in [5.41, 5.74) is 2.90. The van der Waals surface area contributed by atoms with Gasteiger partial charge in [0, 0.05) is 23.2 Å². The summed E-state index contributed by atoms with van der Waals surface area (Å²) in [6, 6.07) is 10.9. The number of carbonyl (C=O) groups excluding carboxylic acids is 1. The predicted octanol–water partition coefficient (Wildman–Crippen LogP) is 4.90. The molecule has 122 valence electrons. The molecule has 24 heavy (non-hydrogen) atoms. The lowest BCUT2D eigenvalue weighted by Gasteiger charge is -2.18. The van der Waals surface area contributed by atoms with Gasteiger partial charge in [-0.15, -0.1) is 0 Å². The van der Waals surface area contributed by atoms with E-state index in [0.717, 1.165) is 11.3 Å². The largest absolute Gasteiger partial charge is 0.325 e. The van der Waals surface area contributed by atoms with Gasteiger partial charge in [-0.1, -0.05) is 29.3 Å². The molecule has 0 aliphatic carbocycles. The third-order valence-corrected chi connectivity index (χ3v) is 4.37. The Hall–Kier alpha value is -2.17. The van der Waals surface area contributed by atoms with E-state index in [-0.39, 0.29) is 11.8 Å². The molecule has 0 radical (unpaired) electrons. The van der Waals surface area contributed by atoms with Crippen LogP contribution < -0.4 is 5.32 Å². The van der Waals surface area contributed by atoms with Crippen molar-refractivity contribution in [2.45, 2.75) is 13.3 Å². The Kier molecular flexibility index (Phi) is 4.97. The topological polar surface area (TPSA) is 54.4 Å². The molecular formula is C18H15Cl2N3O. The normalized spacial score (nSPS) is 17.0. The van der Waals surface area contributed by atoms with Gasteiger partial charge in [0.05, 0.1) is 16.6 Å². The first-order valence-corrected chi connectivity index (χ1v) is 8.23. The number of rotatable bonds is 3. The number of aromatic nitrogens is 1. The van der Waals surface area contributed by atoms with Crippen molar-refractivity contribution in [2.75, 3.05) is 5.32 Å². The SMILES string of the molecule is CC1=NC(Cl)=CCC1C(=O)Nc1ccc(Cl)c(-c2ccccn2)c1. The first kappa shape index (κ1) is 16.7. The van der Waals surface area contributed by atoms with Gasteiger partial charge in [0.1, 0.15) is 5.16 Å². The summed E-state index contributed by atoms with van der Waals surface area (Å²) in [7, 11) is 0. The highest BCUT2D eigenvalue weighted by molar-refractivity contribution is 6.33. The fourth-order valence-corrected chi connectivity index (χ4v) is 2.96. The summed E-state index contributed by atoms with van der Waals surface area (Å²) in [6.45, 7) is 1.81. The molecule has 4 nitrogen and oxygen atoms in total. The highest BCUT2D eigenvalue weighted by Gasteiger charge is 2.23. The second-order valence-corrected chi connectivity index (χ2v) is 6.26. The Labute approximate surface area is 150 Å². The van der Waals surface area contributed by atoms with Crippen LogP contribution in [0.15, 0.2) is 58.8 Å². The van der Waals surface area contributed by atoms with Crippen LogP contribution in [0, 0.1) is 5.92 Å². The van der Waals surface area contributed by atoms with Crippen LogP contribution >= 0.6 is 23.2 Å². The summed E-state index contributed by atoms with van der Waals surface area (Å²) in [4.78, 5) is 21.0. The molecule has 1 aliphatic heterocycles. The van der Waals surface area contributed by atoms with Gasteiger partial charge in [-0.05, 0) is 49.8 Å². The van der Waals surface area contributed by atoms with Crippen LogP contribution in [-0.4, -0.2) is 16.6 Å². The Morgan fingerprint density at radius 2 is 2.08 bits per heavy atom. The average molecular weight is 360 g/mol. The number of hydrogen-bond acceptors (Lipinski definition) is 3. The second-order valence-electron chi connectivity index (χ2n) is 5.47. The predicted molar refractivity (Wildman–Crippen MR) is 98.5 cm³/mol. The van der Waals surface area contributed by atoms with Crippen LogP contribution in [0.1, 0.15) is 13.3 Å². The van der Waals surface area contributed by atoms with Gasteiger partial charge in [-0.2, -0.15) is 0 Å². The van der Waals surface area contributed by atoms with E-state index in [4.69, 9.17) is 23.2 Å². The Morgan fingerprint density at radius 1 is 1.25 bits per heavy atom. The molecule has 3 rings (SSSR count). The molecule has 1 atom stereocenters. The van der Waals surface area contributed by atoms with E-state index >= 15 is 0 Å². The van der Waals surface area contributed by atoms with Gasteiger partial charge >= 0.3 is 0 Å². The Morgan fingerprint density at radius 3 is 2.79 bits per heavy atom. The summed E-state index contributed by atoms with van der Waals surface area (Å²) >= 11 is 12.1. The van der Waals surface area contributed by atoms with Crippen molar-refractivity contribution >= 4 is 40.5 Å². The lowest BCUT2D eigenvalue weighted by molar-refractivity contribution is -0.118. The van der Waals surface area contributed by atoms with Crippen molar-refractivity contribution in [2.24, 2.45) is 10.9 Å². The molecule has 2 aromatic rings.